The van der Waals surface area contributed by atoms with Gasteiger partial charge in [0.1, 0.15) is 5.78 Å². The van der Waals surface area contributed by atoms with Crippen molar-refractivity contribution >= 4 is 17.7 Å². The molecule has 0 unspecified atom stereocenters. The van der Waals surface area contributed by atoms with Crippen LogP contribution in [0, 0.1) is 13.8 Å². The number of benzene rings is 1. The number of carboxylic acid groups (broad SMARTS) is 2. The van der Waals surface area contributed by atoms with Crippen LogP contribution in [0.5, 0.6) is 11.5 Å². The number of carboxylic acids is 2. The van der Waals surface area contributed by atoms with Gasteiger partial charge in [-0.15, -0.1) is 0 Å². The Morgan fingerprint density at radius 1 is 1.14 bits per heavy atom. The van der Waals surface area contributed by atoms with Gasteiger partial charge in [-0.25, -0.2) is 9.59 Å². The third kappa shape index (κ3) is 2.20. The number of ketones is 1. The van der Waals surface area contributed by atoms with Gasteiger partial charge < -0.3 is 19.7 Å². The second-order valence-corrected chi connectivity index (χ2v) is 4.93. The molecule has 0 atom stereocenters. The summed E-state index contributed by atoms with van der Waals surface area (Å²) < 4.78 is 10.1. The molecule has 1 aromatic rings. The van der Waals surface area contributed by atoms with E-state index in [-0.39, 0.29) is 23.7 Å². The van der Waals surface area contributed by atoms with Crippen LogP contribution in [-0.4, -0.2) is 33.7 Å². The second kappa shape index (κ2) is 4.76. The Bertz CT molecular complexity index is 646. The summed E-state index contributed by atoms with van der Waals surface area (Å²) in [4.78, 5) is 33.7. The summed E-state index contributed by atoms with van der Waals surface area (Å²) in [6.07, 6.45) is 0.154. The molecule has 0 amide bonds. The molecule has 21 heavy (non-hydrogen) atoms. The molecule has 0 bridgehead atoms. The van der Waals surface area contributed by atoms with Gasteiger partial charge in [-0.1, -0.05) is 0 Å². The first-order valence-electron chi connectivity index (χ1n) is 6.16. The molecule has 7 heteroatoms. The Morgan fingerprint density at radius 2 is 1.71 bits per heavy atom. The van der Waals surface area contributed by atoms with E-state index in [0.717, 1.165) is 0 Å². The summed E-state index contributed by atoms with van der Waals surface area (Å²) in [5.41, 5.74) is 1.89. The number of rotatable bonds is 4. The number of aryl methyl sites for hydroxylation is 1. The molecule has 1 aliphatic heterocycles. The lowest BCUT2D eigenvalue weighted by Gasteiger charge is -2.17. The average Bonchev–Trinajstić information content (AvgIpc) is 2.75. The highest BCUT2D eigenvalue weighted by atomic mass is 16.8. The van der Waals surface area contributed by atoms with Gasteiger partial charge in [0.15, 0.2) is 11.5 Å². The highest BCUT2D eigenvalue weighted by Gasteiger charge is 2.58. The van der Waals surface area contributed by atoms with Crippen molar-refractivity contribution in [2.75, 3.05) is 0 Å². The molecule has 0 saturated carbocycles. The maximum absolute atomic E-state index is 11.3. The number of fused-ring (bicyclic) bond motifs is 1. The fraction of sp³-hybridized carbons (Fsp3) is 0.357. The quantitative estimate of drug-likeness (QED) is 0.799. The molecule has 112 valence electrons. The summed E-state index contributed by atoms with van der Waals surface area (Å²) in [6, 6.07) is 1.48. The normalized spacial score (nSPS) is 14.8. The minimum Gasteiger partial charge on any atom is -0.475 e. The lowest BCUT2D eigenvalue weighted by molar-refractivity contribution is -0.194. The number of carbonyl (C=O) groups is 3. The van der Waals surface area contributed by atoms with Gasteiger partial charge in [-0.05, 0) is 43.5 Å². The van der Waals surface area contributed by atoms with Gasteiger partial charge in [-0.2, -0.15) is 0 Å². The van der Waals surface area contributed by atoms with E-state index in [1.807, 2.05) is 0 Å². The fourth-order valence-corrected chi connectivity index (χ4v) is 2.28. The number of aliphatic carboxylic acids is 2. The number of hydrogen-bond acceptors (Lipinski definition) is 5. The van der Waals surface area contributed by atoms with Crippen LogP contribution in [0.4, 0.5) is 0 Å². The number of Topliss-reactive ketones (excluding diaryl/α,β-unsaturated/α-hetero) is 1. The monoisotopic (exact) mass is 294 g/mol. The van der Waals surface area contributed by atoms with Crippen LogP contribution in [-0.2, 0) is 20.8 Å². The van der Waals surface area contributed by atoms with E-state index in [2.05, 4.69) is 0 Å². The van der Waals surface area contributed by atoms with Gasteiger partial charge >= 0.3 is 17.7 Å². The van der Waals surface area contributed by atoms with Crippen molar-refractivity contribution in [1.29, 1.82) is 0 Å². The average molecular weight is 294 g/mol. The Labute approximate surface area is 120 Å². The largest absolute Gasteiger partial charge is 0.475 e. The molecule has 0 spiro atoms. The lowest BCUT2D eigenvalue weighted by atomic mass is 9.97. The van der Waals surface area contributed by atoms with E-state index in [1.54, 1.807) is 13.8 Å². The van der Waals surface area contributed by atoms with Crippen molar-refractivity contribution in [3.05, 3.63) is 22.8 Å². The standard InChI is InChI=1S/C14H14O7/c1-6-4-10-11(8(3)9(6)5-7(2)15)21-14(20-10,12(16)17)13(18)19/h4H,5H2,1-3H3,(H,16,17)(H,18,19). The molecule has 2 N–H and O–H groups in total. The molecular formula is C14H14O7. The molecule has 7 nitrogen and oxygen atoms in total. The zero-order valence-corrected chi connectivity index (χ0v) is 11.7. The maximum Gasteiger partial charge on any atom is 0.453 e. The van der Waals surface area contributed by atoms with Crippen molar-refractivity contribution in [3.63, 3.8) is 0 Å². The molecule has 2 rings (SSSR count). The minimum atomic E-state index is -2.78. The smallest absolute Gasteiger partial charge is 0.453 e. The first-order valence-corrected chi connectivity index (χ1v) is 6.16. The van der Waals surface area contributed by atoms with Gasteiger partial charge in [-0.3, -0.25) is 4.79 Å². The van der Waals surface area contributed by atoms with Crippen LogP contribution in [0.1, 0.15) is 23.6 Å². The molecule has 1 aliphatic rings. The highest BCUT2D eigenvalue weighted by Crippen LogP contribution is 2.44. The number of hydrogen-bond donors (Lipinski definition) is 2. The summed E-state index contributed by atoms with van der Waals surface area (Å²) in [7, 11) is 0. The number of ether oxygens (including phenoxy) is 2. The first kappa shape index (κ1) is 14.8. The van der Waals surface area contributed by atoms with Crippen molar-refractivity contribution in [3.8, 4) is 11.5 Å². The summed E-state index contributed by atoms with van der Waals surface area (Å²) in [6.45, 7) is 4.80. The van der Waals surface area contributed by atoms with Crippen molar-refractivity contribution in [2.24, 2.45) is 0 Å². The van der Waals surface area contributed by atoms with Crippen molar-refractivity contribution in [1.82, 2.24) is 0 Å². The van der Waals surface area contributed by atoms with Gasteiger partial charge in [0.05, 0.1) is 0 Å². The van der Waals surface area contributed by atoms with Gasteiger partial charge in [0.2, 0.25) is 0 Å². The van der Waals surface area contributed by atoms with Crippen LogP contribution >= 0.6 is 0 Å². The minimum absolute atomic E-state index is 0.0432. The van der Waals surface area contributed by atoms with E-state index in [1.165, 1.54) is 13.0 Å². The van der Waals surface area contributed by atoms with Crippen LogP contribution in [0.2, 0.25) is 0 Å². The molecule has 1 aromatic carbocycles. The van der Waals surface area contributed by atoms with Crippen LogP contribution in [0.3, 0.4) is 0 Å². The topological polar surface area (TPSA) is 110 Å². The van der Waals surface area contributed by atoms with E-state index in [9.17, 15) is 14.4 Å². The van der Waals surface area contributed by atoms with Crippen LogP contribution < -0.4 is 9.47 Å². The fourth-order valence-electron chi connectivity index (χ4n) is 2.28. The molecular weight excluding hydrogens is 280 g/mol. The summed E-state index contributed by atoms with van der Waals surface area (Å²) in [5, 5.41) is 18.2. The Balaban J connectivity index is 2.56. The molecule has 0 saturated heterocycles. The zero-order chi connectivity index (χ0) is 15.9. The third-order valence-corrected chi connectivity index (χ3v) is 3.33. The Kier molecular flexibility index (Phi) is 3.36. The second-order valence-electron chi connectivity index (χ2n) is 4.93. The molecule has 0 aromatic heterocycles. The first-order chi connectivity index (χ1) is 9.69. The summed E-state index contributed by atoms with van der Waals surface area (Å²) in [5.74, 6) is -6.27. The SMILES string of the molecule is CC(=O)Cc1c(C)cc2c(c1C)OC(C(=O)O)(C(=O)O)O2. The van der Waals surface area contributed by atoms with E-state index in [4.69, 9.17) is 19.7 Å². The van der Waals surface area contributed by atoms with Crippen LogP contribution in [0.15, 0.2) is 6.07 Å². The number of carbonyl (C=O) groups excluding carboxylic acids is 1. The summed E-state index contributed by atoms with van der Waals surface area (Å²) >= 11 is 0. The van der Waals surface area contributed by atoms with E-state index < -0.39 is 17.7 Å². The highest BCUT2D eigenvalue weighted by molar-refractivity contribution is 6.01. The molecule has 0 aliphatic carbocycles. The maximum atomic E-state index is 11.3. The Hall–Kier alpha value is -2.57. The molecule has 0 radical (unpaired) electrons. The van der Waals surface area contributed by atoms with Crippen molar-refractivity contribution < 1.29 is 34.1 Å². The molecule has 0 fully saturated rings. The van der Waals surface area contributed by atoms with E-state index >= 15 is 0 Å². The predicted octanol–water partition coefficient (Wildman–Crippen LogP) is 1.07. The Morgan fingerprint density at radius 3 is 2.19 bits per heavy atom. The molecule has 1 heterocycles. The lowest BCUT2D eigenvalue weighted by Crippen LogP contribution is -2.54. The predicted molar refractivity (Wildman–Crippen MR) is 69.6 cm³/mol. The van der Waals surface area contributed by atoms with Gasteiger partial charge in [0.25, 0.3) is 0 Å². The van der Waals surface area contributed by atoms with Crippen LogP contribution in [0.25, 0.3) is 0 Å². The van der Waals surface area contributed by atoms with Gasteiger partial charge in [0, 0.05) is 6.42 Å². The van der Waals surface area contributed by atoms with E-state index in [0.29, 0.717) is 16.7 Å². The van der Waals surface area contributed by atoms with Crippen molar-refractivity contribution in [2.45, 2.75) is 33.0 Å². The third-order valence-electron chi connectivity index (χ3n) is 3.33. The zero-order valence-electron chi connectivity index (χ0n) is 11.7.